The molecule has 0 aliphatic carbocycles. The van der Waals surface area contributed by atoms with Crippen molar-refractivity contribution in [3.8, 4) is 0 Å². The molecule has 0 aliphatic rings. The van der Waals surface area contributed by atoms with Crippen LogP contribution in [0.25, 0.3) is 10.9 Å². The van der Waals surface area contributed by atoms with Crippen molar-refractivity contribution >= 4 is 16.8 Å². The minimum absolute atomic E-state index is 0.0997. The van der Waals surface area contributed by atoms with Crippen LogP contribution in [-0.2, 0) is 6.54 Å². The largest absolute Gasteiger partial charge is 0.348 e. The average Bonchev–Trinajstić information content (AvgIpc) is 2.89. The van der Waals surface area contributed by atoms with Gasteiger partial charge in [0.2, 0.25) is 0 Å². The highest BCUT2D eigenvalue weighted by molar-refractivity contribution is 6.06. The van der Waals surface area contributed by atoms with E-state index in [1.54, 1.807) is 6.20 Å². The van der Waals surface area contributed by atoms with Gasteiger partial charge < -0.3 is 5.32 Å². The monoisotopic (exact) mass is 280 g/mol. The normalized spacial score (nSPS) is 10.8. The summed E-state index contributed by atoms with van der Waals surface area (Å²) in [7, 11) is 0. The van der Waals surface area contributed by atoms with Crippen LogP contribution in [0.5, 0.6) is 0 Å². The molecule has 0 saturated heterocycles. The van der Waals surface area contributed by atoms with Crippen LogP contribution in [-0.4, -0.2) is 21.1 Å². The Morgan fingerprint density at radius 1 is 1.29 bits per heavy atom. The number of fused-ring (bicyclic) bond motifs is 1. The first-order valence-electron chi connectivity index (χ1n) is 6.78. The number of H-pyrrole nitrogens is 1. The Hall–Kier alpha value is -2.69. The number of benzene rings is 1. The molecule has 1 amide bonds. The lowest BCUT2D eigenvalue weighted by atomic mass is 10.1. The van der Waals surface area contributed by atoms with Crippen LogP contribution in [0, 0.1) is 13.8 Å². The summed E-state index contributed by atoms with van der Waals surface area (Å²) in [6, 6.07) is 9.49. The van der Waals surface area contributed by atoms with Crippen LogP contribution in [0.2, 0.25) is 0 Å². The first-order valence-corrected chi connectivity index (χ1v) is 6.78. The summed E-state index contributed by atoms with van der Waals surface area (Å²) in [5.41, 5.74) is 4.27. The topological polar surface area (TPSA) is 70.7 Å². The highest BCUT2D eigenvalue weighted by Gasteiger charge is 2.12. The Kier molecular flexibility index (Phi) is 3.39. The molecule has 2 aromatic heterocycles. The number of hydrogen-bond acceptors (Lipinski definition) is 3. The van der Waals surface area contributed by atoms with Gasteiger partial charge in [-0.1, -0.05) is 18.2 Å². The van der Waals surface area contributed by atoms with E-state index in [0.717, 1.165) is 27.9 Å². The Labute approximate surface area is 122 Å². The van der Waals surface area contributed by atoms with Gasteiger partial charge in [0.05, 0.1) is 17.3 Å². The second-order valence-corrected chi connectivity index (χ2v) is 5.03. The van der Waals surface area contributed by atoms with Gasteiger partial charge in [0.1, 0.15) is 0 Å². The minimum atomic E-state index is -0.0997. The number of carbonyl (C=O) groups excluding carboxylic acids is 1. The molecule has 21 heavy (non-hydrogen) atoms. The second kappa shape index (κ2) is 5.36. The van der Waals surface area contributed by atoms with E-state index in [-0.39, 0.29) is 5.91 Å². The van der Waals surface area contributed by atoms with Gasteiger partial charge in [0.15, 0.2) is 0 Å². The van der Waals surface area contributed by atoms with E-state index in [9.17, 15) is 4.79 Å². The molecule has 0 fully saturated rings. The number of aromatic amines is 1. The van der Waals surface area contributed by atoms with Gasteiger partial charge in [-0.2, -0.15) is 5.10 Å². The molecule has 0 bridgehead atoms. The van der Waals surface area contributed by atoms with Gasteiger partial charge in [-0.3, -0.25) is 14.9 Å². The van der Waals surface area contributed by atoms with Crippen molar-refractivity contribution in [1.82, 2.24) is 20.5 Å². The molecule has 106 valence electrons. The van der Waals surface area contributed by atoms with Crippen LogP contribution >= 0.6 is 0 Å². The molecule has 2 heterocycles. The van der Waals surface area contributed by atoms with E-state index in [0.29, 0.717) is 12.1 Å². The quantitative estimate of drug-likeness (QED) is 0.774. The minimum Gasteiger partial charge on any atom is -0.348 e. The number of aryl methyl sites for hydroxylation is 2. The highest BCUT2D eigenvalue weighted by Crippen LogP contribution is 2.18. The fourth-order valence-corrected chi connectivity index (χ4v) is 2.32. The van der Waals surface area contributed by atoms with Gasteiger partial charge in [-0.15, -0.1) is 0 Å². The molecular weight excluding hydrogens is 264 g/mol. The predicted molar refractivity (Wildman–Crippen MR) is 81.0 cm³/mol. The lowest BCUT2D eigenvalue weighted by molar-refractivity contribution is 0.0952. The summed E-state index contributed by atoms with van der Waals surface area (Å²) in [4.78, 5) is 16.9. The van der Waals surface area contributed by atoms with Crippen LogP contribution in [0.3, 0.4) is 0 Å². The van der Waals surface area contributed by atoms with Crippen molar-refractivity contribution in [3.63, 3.8) is 0 Å². The van der Waals surface area contributed by atoms with Crippen molar-refractivity contribution in [2.45, 2.75) is 20.4 Å². The van der Waals surface area contributed by atoms with Gasteiger partial charge in [0.25, 0.3) is 5.91 Å². The second-order valence-electron chi connectivity index (χ2n) is 5.03. The molecule has 0 radical (unpaired) electrons. The van der Waals surface area contributed by atoms with Crippen molar-refractivity contribution in [3.05, 3.63) is 59.0 Å². The summed E-state index contributed by atoms with van der Waals surface area (Å²) in [6.07, 6.45) is 1.73. The Morgan fingerprint density at radius 3 is 2.86 bits per heavy atom. The molecule has 0 saturated carbocycles. The van der Waals surface area contributed by atoms with E-state index >= 15 is 0 Å². The fourth-order valence-electron chi connectivity index (χ4n) is 2.32. The molecule has 1 aromatic carbocycles. The van der Waals surface area contributed by atoms with E-state index < -0.39 is 0 Å². The third kappa shape index (κ3) is 2.63. The molecular formula is C16H16N4O. The first kappa shape index (κ1) is 13.3. The maximum atomic E-state index is 12.4. The third-order valence-corrected chi connectivity index (χ3v) is 3.46. The SMILES string of the molecule is Cc1cc(C(=O)NCc2cn[nH]c2C)c2ccccc2n1. The van der Waals surface area contributed by atoms with Gasteiger partial charge in [-0.05, 0) is 26.0 Å². The Balaban J connectivity index is 1.89. The molecule has 0 unspecified atom stereocenters. The maximum absolute atomic E-state index is 12.4. The zero-order valence-electron chi connectivity index (χ0n) is 12.0. The molecule has 2 N–H and O–H groups in total. The molecule has 0 spiro atoms. The highest BCUT2D eigenvalue weighted by atomic mass is 16.1. The molecule has 5 heteroatoms. The summed E-state index contributed by atoms with van der Waals surface area (Å²) in [6.45, 7) is 4.28. The number of rotatable bonds is 3. The standard InChI is InChI=1S/C16H16N4O/c1-10-7-14(13-5-3-4-6-15(13)19-10)16(21)17-8-12-9-18-20-11(12)2/h3-7,9H,8H2,1-2H3,(H,17,21)(H,18,20). The third-order valence-electron chi connectivity index (χ3n) is 3.46. The zero-order valence-corrected chi connectivity index (χ0v) is 12.0. The van der Waals surface area contributed by atoms with E-state index in [1.165, 1.54) is 0 Å². The fraction of sp³-hybridized carbons (Fsp3) is 0.188. The van der Waals surface area contributed by atoms with E-state index in [1.807, 2.05) is 44.2 Å². The zero-order chi connectivity index (χ0) is 14.8. The number of hydrogen-bond donors (Lipinski definition) is 2. The smallest absolute Gasteiger partial charge is 0.252 e. The number of amides is 1. The number of para-hydroxylation sites is 1. The van der Waals surface area contributed by atoms with Crippen LogP contribution < -0.4 is 5.32 Å². The first-order chi connectivity index (χ1) is 10.1. The number of aromatic nitrogens is 3. The molecule has 0 atom stereocenters. The summed E-state index contributed by atoms with van der Waals surface area (Å²) >= 11 is 0. The lowest BCUT2D eigenvalue weighted by Crippen LogP contribution is -2.23. The van der Waals surface area contributed by atoms with Gasteiger partial charge >= 0.3 is 0 Å². The lowest BCUT2D eigenvalue weighted by Gasteiger charge is -2.08. The molecule has 5 nitrogen and oxygen atoms in total. The molecule has 0 aliphatic heterocycles. The van der Waals surface area contributed by atoms with Gasteiger partial charge in [-0.25, -0.2) is 0 Å². The van der Waals surface area contributed by atoms with Crippen molar-refractivity contribution < 1.29 is 4.79 Å². The number of pyridine rings is 1. The number of nitrogens with zero attached hydrogens (tertiary/aromatic N) is 2. The predicted octanol–water partition coefficient (Wildman–Crippen LogP) is 2.50. The van der Waals surface area contributed by atoms with Crippen LogP contribution in [0.4, 0.5) is 0 Å². The van der Waals surface area contributed by atoms with E-state index in [4.69, 9.17) is 0 Å². The van der Waals surface area contributed by atoms with Crippen molar-refractivity contribution in [1.29, 1.82) is 0 Å². The molecule has 3 aromatic rings. The molecule has 3 rings (SSSR count). The summed E-state index contributed by atoms with van der Waals surface area (Å²) in [5.74, 6) is -0.0997. The number of carbonyl (C=O) groups is 1. The van der Waals surface area contributed by atoms with E-state index in [2.05, 4.69) is 20.5 Å². The van der Waals surface area contributed by atoms with Crippen LogP contribution in [0.15, 0.2) is 36.5 Å². The average molecular weight is 280 g/mol. The van der Waals surface area contributed by atoms with Crippen LogP contribution in [0.1, 0.15) is 27.3 Å². The maximum Gasteiger partial charge on any atom is 0.252 e. The Morgan fingerprint density at radius 2 is 2.10 bits per heavy atom. The summed E-state index contributed by atoms with van der Waals surface area (Å²) < 4.78 is 0. The van der Waals surface area contributed by atoms with Gasteiger partial charge in [0, 0.05) is 28.9 Å². The van der Waals surface area contributed by atoms with Crippen molar-refractivity contribution in [2.75, 3.05) is 0 Å². The number of nitrogens with one attached hydrogen (secondary N) is 2. The Bertz CT molecular complexity index is 807. The summed E-state index contributed by atoms with van der Waals surface area (Å²) in [5, 5.41) is 10.6. The van der Waals surface area contributed by atoms with Crippen molar-refractivity contribution in [2.24, 2.45) is 0 Å².